The van der Waals surface area contributed by atoms with Gasteiger partial charge >= 0.3 is 0 Å². The minimum atomic E-state index is -2.06. The Balaban J connectivity index is 2.51. The van der Waals surface area contributed by atoms with Gasteiger partial charge in [-0.15, -0.1) is 0 Å². The van der Waals surface area contributed by atoms with Gasteiger partial charge in [0.1, 0.15) is 0 Å². The lowest BCUT2D eigenvalue weighted by Crippen LogP contribution is -2.42. The monoisotopic (exact) mass is 350 g/mol. The predicted molar refractivity (Wildman–Crippen MR) is 95.7 cm³/mol. The van der Waals surface area contributed by atoms with Crippen molar-refractivity contribution in [3.63, 3.8) is 0 Å². The normalized spacial score (nSPS) is 13.8. The molecular weight excluding hydrogens is 328 g/mol. The summed E-state index contributed by atoms with van der Waals surface area (Å²) in [6.45, 7) is 10.9. The molecule has 1 heterocycles. The summed E-state index contributed by atoms with van der Waals surface area (Å²) >= 11 is 6.15. The number of rotatable bonds is 5. The van der Waals surface area contributed by atoms with Crippen LogP contribution in [0.1, 0.15) is 48.6 Å². The van der Waals surface area contributed by atoms with Crippen LogP contribution in [0.5, 0.6) is 0 Å². The molecule has 0 aliphatic heterocycles. The molecule has 1 unspecified atom stereocenters. The molecule has 0 fully saturated rings. The molecule has 5 heteroatoms. The molecular formula is C18H23ClO3Si. The average molecular weight is 351 g/mol. The minimum Gasteiger partial charge on any atom is -0.461 e. The average Bonchev–Trinajstić information content (AvgIpc) is 2.91. The highest BCUT2D eigenvalue weighted by Crippen LogP contribution is 2.42. The number of aldehydes is 1. The van der Waals surface area contributed by atoms with Gasteiger partial charge in [-0.2, -0.15) is 0 Å². The van der Waals surface area contributed by atoms with Crippen LogP contribution >= 0.6 is 11.6 Å². The molecule has 0 saturated heterocycles. The van der Waals surface area contributed by atoms with Crippen molar-refractivity contribution in [2.75, 3.05) is 0 Å². The summed E-state index contributed by atoms with van der Waals surface area (Å²) in [7, 11) is -2.06. The highest BCUT2D eigenvalue weighted by Gasteiger charge is 2.40. The molecule has 1 aromatic carbocycles. The highest BCUT2D eigenvalue weighted by molar-refractivity contribution is 6.74. The SMILES string of the molecule is CC(C)(C)[Si](C)(C)OC(c1cccc(Cl)c1)c1ccoc1C=O. The van der Waals surface area contributed by atoms with Crippen LogP contribution in [-0.4, -0.2) is 14.6 Å². The Kier molecular flexibility index (Phi) is 5.19. The Morgan fingerprint density at radius 1 is 1.26 bits per heavy atom. The Labute approximate surface area is 143 Å². The topological polar surface area (TPSA) is 39.4 Å². The maximum atomic E-state index is 11.3. The summed E-state index contributed by atoms with van der Waals surface area (Å²) in [5.74, 6) is 0.300. The predicted octanol–water partition coefficient (Wildman–Crippen LogP) is 5.86. The van der Waals surface area contributed by atoms with E-state index in [0.29, 0.717) is 10.8 Å². The lowest BCUT2D eigenvalue weighted by Gasteiger charge is -2.39. The third-order valence-corrected chi connectivity index (χ3v) is 9.16. The van der Waals surface area contributed by atoms with E-state index in [0.717, 1.165) is 17.4 Å². The molecule has 23 heavy (non-hydrogen) atoms. The molecule has 0 spiro atoms. The Hall–Kier alpha value is -1.36. The molecule has 2 aromatic rings. The van der Waals surface area contributed by atoms with E-state index in [9.17, 15) is 4.79 Å². The lowest BCUT2D eigenvalue weighted by molar-refractivity contribution is 0.109. The third kappa shape index (κ3) is 3.94. The van der Waals surface area contributed by atoms with Gasteiger partial charge in [0.05, 0.1) is 12.4 Å². The van der Waals surface area contributed by atoms with Crippen molar-refractivity contribution in [1.29, 1.82) is 0 Å². The lowest BCUT2D eigenvalue weighted by atomic mass is 10.0. The van der Waals surface area contributed by atoms with Gasteiger partial charge in [-0.3, -0.25) is 4.79 Å². The first-order chi connectivity index (χ1) is 10.7. The van der Waals surface area contributed by atoms with Gasteiger partial charge in [-0.05, 0) is 41.9 Å². The maximum Gasteiger partial charge on any atom is 0.193 e. The minimum absolute atomic E-state index is 0.0505. The van der Waals surface area contributed by atoms with Gasteiger partial charge in [0.15, 0.2) is 20.4 Å². The molecule has 0 aliphatic rings. The van der Waals surface area contributed by atoms with Gasteiger partial charge in [-0.1, -0.05) is 44.5 Å². The van der Waals surface area contributed by atoms with Crippen LogP contribution < -0.4 is 0 Å². The first kappa shape index (κ1) is 18.0. The number of halogens is 1. The van der Waals surface area contributed by atoms with E-state index in [2.05, 4.69) is 33.9 Å². The molecule has 2 rings (SSSR count). The van der Waals surface area contributed by atoms with Gasteiger partial charge in [0, 0.05) is 10.6 Å². The Bertz CT molecular complexity index is 686. The number of carbonyl (C=O) groups excluding carboxylic acids is 1. The van der Waals surface area contributed by atoms with Gasteiger partial charge in [0.25, 0.3) is 0 Å². The molecule has 1 atom stereocenters. The van der Waals surface area contributed by atoms with Crippen molar-refractivity contribution in [3.8, 4) is 0 Å². The van der Waals surface area contributed by atoms with E-state index < -0.39 is 8.32 Å². The van der Waals surface area contributed by atoms with E-state index in [1.165, 1.54) is 6.26 Å². The smallest absolute Gasteiger partial charge is 0.193 e. The van der Waals surface area contributed by atoms with Crippen LogP contribution in [0.25, 0.3) is 0 Å². The van der Waals surface area contributed by atoms with Crippen molar-refractivity contribution < 1.29 is 13.6 Å². The Morgan fingerprint density at radius 3 is 2.52 bits per heavy atom. The summed E-state index contributed by atoms with van der Waals surface area (Å²) in [5, 5.41) is 0.692. The molecule has 0 saturated carbocycles. The molecule has 0 amide bonds. The van der Waals surface area contributed by atoms with Gasteiger partial charge in [0.2, 0.25) is 0 Å². The first-order valence-corrected chi connectivity index (χ1v) is 10.9. The van der Waals surface area contributed by atoms with Crippen molar-refractivity contribution in [2.24, 2.45) is 0 Å². The van der Waals surface area contributed by atoms with E-state index in [-0.39, 0.29) is 11.1 Å². The summed E-state index contributed by atoms with van der Waals surface area (Å²) in [6, 6.07) is 9.35. The second-order valence-electron chi connectivity index (χ2n) is 7.17. The van der Waals surface area contributed by atoms with Crippen LogP contribution in [0, 0.1) is 0 Å². The summed E-state index contributed by atoms with van der Waals surface area (Å²) < 4.78 is 11.9. The molecule has 0 N–H and O–H groups in total. The quantitative estimate of drug-likeness (QED) is 0.501. The van der Waals surface area contributed by atoms with Crippen molar-refractivity contribution in [1.82, 2.24) is 0 Å². The van der Waals surface area contributed by atoms with Crippen LogP contribution in [-0.2, 0) is 4.43 Å². The third-order valence-electron chi connectivity index (χ3n) is 4.49. The molecule has 0 bridgehead atoms. The number of benzene rings is 1. The first-order valence-electron chi connectivity index (χ1n) is 7.61. The number of hydrogen-bond donors (Lipinski definition) is 0. The summed E-state index contributed by atoms with van der Waals surface area (Å²) in [6.07, 6.45) is 1.88. The van der Waals surface area contributed by atoms with E-state index in [1.54, 1.807) is 6.07 Å². The standard InChI is InChI=1S/C18H23ClO3Si/c1-18(2,3)23(4,5)22-17(13-7-6-8-14(19)11-13)15-9-10-21-16(15)12-20/h6-12,17H,1-5H3. The van der Waals surface area contributed by atoms with Gasteiger partial charge in [-0.25, -0.2) is 0 Å². The fraction of sp³-hybridized carbons (Fsp3) is 0.389. The number of hydrogen-bond acceptors (Lipinski definition) is 3. The summed E-state index contributed by atoms with van der Waals surface area (Å²) in [5.41, 5.74) is 1.67. The number of carbonyl (C=O) groups is 1. The van der Waals surface area contributed by atoms with Crippen LogP contribution in [0.4, 0.5) is 0 Å². The second kappa shape index (κ2) is 6.63. The van der Waals surface area contributed by atoms with Gasteiger partial charge < -0.3 is 8.84 Å². The van der Waals surface area contributed by atoms with Crippen molar-refractivity contribution in [2.45, 2.75) is 45.0 Å². The Morgan fingerprint density at radius 2 is 1.96 bits per heavy atom. The second-order valence-corrected chi connectivity index (χ2v) is 12.4. The fourth-order valence-electron chi connectivity index (χ4n) is 2.10. The zero-order valence-corrected chi connectivity index (χ0v) is 16.0. The van der Waals surface area contributed by atoms with E-state index in [4.69, 9.17) is 20.4 Å². The van der Waals surface area contributed by atoms with E-state index >= 15 is 0 Å². The molecule has 124 valence electrons. The molecule has 0 aliphatic carbocycles. The largest absolute Gasteiger partial charge is 0.461 e. The highest BCUT2D eigenvalue weighted by atomic mass is 35.5. The number of furan rings is 1. The van der Waals surface area contributed by atoms with Crippen molar-refractivity contribution in [3.05, 3.63) is 58.5 Å². The fourth-order valence-corrected chi connectivity index (χ4v) is 3.50. The van der Waals surface area contributed by atoms with Crippen LogP contribution in [0.2, 0.25) is 23.2 Å². The van der Waals surface area contributed by atoms with Crippen LogP contribution in [0.15, 0.2) is 41.0 Å². The molecule has 0 radical (unpaired) electrons. The zero-order chi connectivity index (χ0) is 17.3. The molecule has 1 aromatic heterocycles. The van der Waals surface area contributed by atoms with Crippen LogP contribution in [0.3, 0.4) is 0 Å². The summed E-state index contributed by atoms with van der Waals surface area (Å²) in [4.78, 5) is 11.3. The van der Waals surface area contributed by atoms with Crippen molar-refractivity contribution >= 4 is 26.2 Å². The molecule has 3 nitrogen and oxygen atoms in total. The maximum absolute atomic E-state index is 11.3. The zero-order valence-electron chi connectivity index (χ0n) is 14.2. The van der Waals surface area contributed by atoms with E-state index in [1.807, 2.05) is 24.3 Å².